The Hall–Kier alpha value is -1.82. The van der Waals surface area contributed by atoms with E-state index in [-0.39, 0.29) is 11.0 Å². The first-order valence-corrected chi connectivity index (χ1v) is 7.12. The summed E-state index contributed by atoms with van der Waals surface area (Å²) >= 11 is 1.51. The maximum Gasteiger partial charge on any atom is 0.335 e. The second kappa shape index (κ2) is 5.28. The minimum atomic E-state index is -0.970. The molecule has 2 heterocycles. The summed E-state index contributed by atoms with van der Waals surface area (Å²) in [4.78, 5) is 16.6. The molecule has 0 aromatic carbocycles. The van der Waals surface area contributed by atoms with Crippen LogP contribution in [0.3, 0.4) is 0 Å². The second-order valence-corrected chi connectivity index (χ2v) is 6.45. The summed E-state index contributed by atoms with van der Waals surface area (Å²) in [6.45, 7) is 6.31. The zero-order valence-electron chi connectivity index (χ0n) is 12.0. The predicted octanol–water partition coefficient (Wildman–Crippen LogP) is 2.85. The molecule has 0 bridgehead atoms. The van der Waals surface area contributed by atoms with Gasteiger partial charge >= 0.3 is 5.97 Å². The van der Waals surface area contributed by atoms with Gasteiger partial charge in [0.1, 0.15) is 0 Å². The lowest BCUT2D eigenvalue weighted by Crippen LogP contribution is -2.11. The number of aromatic nitrogens is 2. The van der Waals surface area contributed by atoms with E-state index in [1.54, 1.807) is 0 Å². The number of rotatable bonds is 4. The Balaban J connectivity index is 2.38. The first-order chi connectivity index (χ1) is 9.32. The molecule has 5 nitrogen and oxygen atoms in total. The molecule has 0 amide bonds. The highest BCUT2D eigenvalue weighted by molar-refractivity contribution is 7.15. The van der Waals surface area contributed by atoms with E-state index < -0.39 is 5.97 Å². The van der Waals surface area contributed by atoms with Crippen LogP contribution < -0.4 is 0 Å². The number of carboxylic acid groups (broad SMARTS) is 1. The third-order valence-corrected chi connectivity index (χ3v) is 3.85. The molecule has 6 heteroatoms. The maximum atomic E-state index is 11.1. The Morgan fingerprint density at radius 2 is 2.25 bits per heavy atom. The topological polar surface area (TPSA) is 63.8 Å². The highest BCUT2D eigenvalue weighted by Gasteiger charge is 2.20. The first kappa shape index (κ1) is 14.6. The van der Waals surface area contributed by atoms with Gasteiger partial charge in [0.15, 0.2) is 4.96 Å². The number of imidazole rings is 1. The van der Waals surface area contributed by atoms with E-state index in [9.17, 15) is 4.79 Å². The molecular formula is C14H18N2O3S. The summed E-state index contributed by atoms with van der Waals surface area (Å²) in [5.41, 5.74) is 2.09. The van der Waals surface area contributed by atoms with Crippen molar-refractivity contribution in [3.8, 4) is 0 Å². The van der Waals surface area contributed by atoms with E-state index >= 15 is 0 Å². The van der Waals surface area contributed by atoms with Gasteiger partial charge in [0.25, 0.3) is 0 Å². The molecule has 0 atom stereocenters. The van der Waals surface area contributed by atoms with Gasteiger partial charge in [0, 0.05) is 29.1 Å². The maximum absolute atomic E-state index is 11.1. The van der Waals surface area contributed by atoms with Crippen LogP contribution in [0.5, 0.6) is 0 Å². The standard InChI is InChI=1S/C14H18N2O3S/c1-14(2,3)11-6-16-10(8-20-13(16)15-11)5-9(7-19-4)12(17)18/h6-8H,5H2,1-4H3,(H,17,18). The molecule has 2 aromatic heterocycles. The van der Waals surface area contributed by atoms with Crippen molar-refractivity contribution in [2.75, 3.05) is 7.11 Å². The van der Waals surface area contributed by atoms with Gasteiger partial charge in [-0.1, -0.05) is 20.8 Å². The van der Waals surface area contributed by atoms with Crippen LogP contribution in [0.15, 0.2) is 23.4 Å². The molecule has 20 heavy (non-hydrogen) atoms. The number of hydrogen-bond acceptors (Lipinski definition) is 4. The Labute approximate surface area is 121 Å². The van der Waals surface area contributed by atoms with Gasteiger partial charge in [0.2, 0.25) is 0 Å². The van der Waals surface area contributed by atoms with Crippen LogP contribution in [0.4, 0.5) is 0 Å². The Kier molecular flexibility index (Phi) is 3.85. The SMILES string of the molecule is COC=C(Cc1csc2nc(C(C)(C)C)cn12)C(=O)O. The molecule has 0 spiro atoms. The molecule has 2 aromatic rings. The van der Waals surface area contributed by atoms with Crippen LogP contribution in [0, 0.1) is 0 Å². The van der Waals surface area contributed by atoms with Gasteiger partial charge in [-0.2, -0.15) is 0 Å². The number of aliphatic carboxylic acids is 1. The number of fused-ring (bicyclic) bond motifs is 1. The van der Waals surface area contributed by atoms with Gasteiger partial charge in [-0.25, -0.2) is 9.78 Å². The lowest BCUT2D eigenvalue weighted by Gasteiger charge is -2.13. The molecule has 0 fully saturated rings. The molecular weight excluding hydrogens is 276 g/mol. The molecule has 0 aliphatic rings. The smallest absolute Gasteiger partial charge is 0.335 e. The molecule has 108 valence electrons. The average molecular weight is 294 g/mol. The number of methoxy groups -OCH3 is 1. The summed E-state index contributed by atoms with van der Waals surface area (Å²) in [6.07, 6.45) is 3.56. The highest BCUT2D eigenvalue weighted by Crippen LogP contribution is 2.26. The van der Waals surface area contributed by atoms with Crippen molar-refractivity contribution in [1.82, 2.24) is 9.38 Å². The largest absolute Gasteiger partial charge is 0.504 e. The van der Waals surface area contributed by atoms with Gasteiger partial charge in [-0.05, 0) is 0 Å². The molecule has 0 saturated carbocycles. The van der Waals surface area contributed by atoms with E-state index in [2.05, 4.69) is 25.8 Å². The van der Waals surface area contributed by atoms with E-state index in [1.165, 1.54) is 24.7 Å². The van der Waals surface area contributed by atoms with E-state index in [0.29, 0.717) is 6.42 Å². The molecule has 0 radical (unpaired) electrons. The fraction of sp³-hybridized carbons (Fsp3) is 0.429. The van der Waals surface area contributed by atoms with Gasteiger partial charge in [-0.15, -0.1) is 11.3 Å². The summed E-state index contributed by atoms with van der Waals surface area (Å²) < 4.78 is 6.78. The molecule has 2 rings (SSSR count). The molecule has 0 aliphatic heterocycles. The minimum Gasteiger partial charge on any atom is -0.504 e. The zero-order valence-corrected chi connectivity index (χ0v) is 12.8. The number of carboxylic acids is 1. The van der Waals surface area contributed by atoms with Crippen molar-refractivity contribution in [3.63, 3.8) is 0 Å². The summed E-state index contributed by atoms with van der Waals surface area (Å²) in [6, 6.07) is 0. The molecule has 1 N–H and O–H groups in total. The third-order valence-electron chi connectivity index (χ3n) is 2.96. The number of thiazole rings is 1. The summed E-state index contributed by atoms with van der Waals surface area (Å²) in [5.74, 6) is -0.970. The normalized spacial score (nSPS) is 12.9. The van der Waals surface area contributed by atoms with Gasteiger partial charge in [0.05, 0.1) is 24.6 Å². The van der Waals surface area contributed by atoms with Crippen molar-refractivity contribution in [3.05, 3.63) is 34.8 Å². The number of ether oxygens (including phenoxy) is 1. The van der Waals surface area contributed by atoms with Crippen molar-refractivity contribution >= 4 is 22.3 Å². The lowest BCUT2D eigenvalue weighted by molar-refractivity contribution is -0.132. The lowest BCUT2D eigenvalue weighted by atomic mass is 9.93. The molecule has 0 unspecified atom stereocenters. The number of carbonyl (C=O) groups is 1. The molecule has 0 aliphatic carbocycles. The van der Waals surface area contributed by atoms with Crippen LogP contribution in [-0.4, -0.2) is 27.6 Å². The fourth-order valence-corrected chi connectivity index (χ4v) is 2.70. The fourth-order valence-electron chi connectivity index (χ4n) is 1.82. The zero-order chi connectivity index (χ0) is 14.9. The van der Waals surface area contributed by atoms with Crippen LogP contribution in [0.1, 0.15) is 32.2 Å². The van der Waals surface area contributed by atoms with Crippen LogP contribution in [-0.2, 0) is 21.4 Å². The monoisotopic (exact) mass is 294 g/mol. The second-order valence-electron chi connectivity index (χ2n) is 5.62. The Morgan fingerprint density at radius 3 is 2.80 bits per heavy atom. The van der Waals surface area contributed by atoms with Crippen molar-refractivity contribution in [2.45, 2.75) is 32.6 Å². The van der Waals surface area contributed by atoms with Crippen molar-refractivity contribution in [2.24, 2.45) is 0 Å². The van der Waals surface area contributed by atoms with E-state index in [4.69, 9.17) is 9.84 Å². The van der Waals surface area contributed by atoms with Crippen LogP contribution in [0.2, 0.25) is 0 Å². The van der Waals surface area contributed by atoms with Crippen molar-refractivity contribution < 1.29 is 14.6 Å². The van der Waals surface area contributed by atoms with Crippen molar-refractivity contribution in [1.29, 1.82) is 0 Å². The Bertz CT molecular complexity index is 662. The summed E-state index contributed by atoms with van der Waals surface area (Å²) in [7, 11) is 1.45. The Morgan fingerprint density at radius 1 is 1.55 bits per heavy atom. The summed E-state index contributed by atoms with van der Waals surface area (Å²) in [5, 5.41) is 11.1. The first-order valence-electron chi connectivity index (χ1n) is 6.24. The predicted molar refractivity (Wildman–Crippen MR) is 78.2 cm³/mol. The number of nitrogens with zero attached hydrogens (tertiary/aromatic N) is 2. The van der Waals surface area contributed by atoms with E-state index in [0.717, 1.165) is 16.3 Å². The van der Waals surface area contributed by atoms with Gasteiger partial charge < -0.3 is 9.84 Å². The van der Waals surface area contributed by atoms with Crippen LogP contribution in [0.25, 0.3) is 4.96 Å². The number of hydrogen-bond donors (Lipinski definition) is 1. The van der Waals surface area contributed by atoms with Gasteiger partial charge in [-0.3, -0.25) is 4.40 Å². The third kappa shape index (κ3) is 2.85. The average Bonchev–Trinajstić information content (AvgIpc) is 2.89. The highest BCUT2D eigenvalue weighted by atomic mass is 32.1. The minimum absolute atomic E-state index is 0.0268. The van der Waals surface area contributed by atoms with Crippen LogP contribution >= 0.6 is 11.3 Å². The quantitative estimate of drug-likeness (QED) is 0.695. The van der Waals surface area contributed by atoms with E-state index in [1.807, 2.05) is 16.0 Å². The molecule has 0 saturated heterocycles.